The van der Waals surface area contributed by atoms with E-state index in [1.54, 1.807) is 12.1 Å². The Balaban J connectivity index is 2.02. The molecule has 0 aliphatic heterocycles. The van der Waals surface area contributed by atoms with Gasteiger partial charge in [0.05, 0.1) is 11.4 Å². The molecule has 0 unspecified atom stereocenters. The summed E-state index contributed by atoms with van der Waals surface area (Å²) >= 11 is 0. The molecule has 19 heavy (non-hydrogen) atoms. The normalized spacial score (nSPS) is 10.4. The van der Waals surface area contributed by atoms with Gasteiger partial charge in [-0.2, -0.15) is 0 Å². The quantitative estimate of drug-likeness (QED) is 0.796. The van der Waals surface area contributed by atoms with Gasteiger partial charge in [-0.3, -0.25) is 0 Å². The zero-order chi connectivity index (χ0) is 13.7. The van der Waals surface area contributed by atoms with E-state index in [1.807, 2.05) is 0 Å². The van der Waals surface area contributed by atoms with Crippen LogP contribution in [0.2, 0.25) is 0 Å². The summed E-state index contributed by atoms with van der Waals surface area (Å²) in [4.78, 5) is 0. The molecule has 2 nitrogen and oxygen atoms in total. The van der Waals surface area contributed by atoms with Gasteiger partial charge < -0.3 is 11.1 Å². The monoisotopic (exact) mass is 258 g/mol. The molecule has 0 aromatic heterocycles. The van der Waals surface area contributed by atoms with E-state index in [1.165, 1.54) is 11.6 Å². The van der Waals surface area contributed by atoms with Crippen LogP contribution in [-0.2, 0) is 13.0 Å². The summed E-state index contributed by atoms with van der Waals surface area (Å²) in [5, 5.41) is 3.05. The molecule has 0 aliphatic carbocycles. The molecule has 0 bridgehead atoms. The van der Waals surface area contributed by atoms with Gasteiger partial charge in [0.1, 0.15) is 5.82 Å². The molecule has 0 fully saturated rings. The minimum atomic E-state index is -0.317. The van der Waals surface area contributed by atoms with Crippen molar-refractivity contribution < 1.29 is 4.39 Å². The SMILES string of the molecule is CCCc1ccc(CNc2c(N)cccc2F)cc1. The van der Waals surface area contributed by atoms with Crippen LogP contribution >= 0.6 is 0 Å². The van der Waals surface area contributed by atoms with Crippen LogP contribution in [0.5, 0.6) is 0 Å². The van der Waals surface area contributed by atoms with Crippen LogP contribution < -0.4 is 11.1 Å². The molecule has 2 aromatic rings. The van der Waals surface area contributed by atoms with E-state index in [-0.39, 0.29) is 5.82 Å². The average Bonchev–Trinajstić information content (AvgIpc) is 2.40. The lowest BCUT2D eigenvalue weighted by molar-refractivity contribution is 0.631. The molecule has 100 valence electrons. The maximum absolute atomic E-state index is 13.6. The molecule has 0 atom stereocenters. The summed E-state index contributed by atoms with van der Waals surface area (Å²) in [6, 6.07) is 13.1. The molecule has 0 aliphatic rings. The fourth-order valence-corrected chi connectivity index (χ4v) is 2.03. The Morgan fingerprint density at radius 1 is 1.05 bits per heavy atom. The molecule has 2 aromatic carbocycles. The van der Waals surface area contributed by atoms with E-state index >= 15 is 0 Å². The van der Waals surface area contributed by atoms with E-state index in [0.717, 1.165) is 18.4 Å². The Bertz CT molecular complexity index is 515. The minimum absolute atomic E-state index is 0.317. The van der Waals surface area contributed by atoms with Gasteiger partial charge in [-0.05, 0) is 29.7 Å². The number of halogens is 1. The van der Waals surface area contributed by atoms with Crippen molar-refractivity contribution in [1.82, 2.24) is 0 Å². The van der Waals surface area contributed by atoms with Crippen LogP contribution in [0.1, 0.15) is 24.5 Å². The second-order valence-electron chi connectivity index (χ2n) is 4.62. The third kappa shape index (κ3) is 3.47. The lowest BCUT2D eigenvalue weighted by Crippen LogP contribution is -2.04. The van der Waals surface area contributed by atoms with Gasteiger partial charge in [0.2, 0.25) is 0 Å². The highest BCUT2D eigenvalue weighted by Crippen LogP contribution is 2.22. The number of hydrogen-bond acceptors (Lipinski definition) is 2. The summed E-state index contributed by atoms with van der Waals surface area (Å²) in [7, 11) is 0. The van der Waals surface area contributed by atoms with Crippen LogP contribution in [0.15, 0.2) is 42.5 Å². The fourth-order valence-electron chi connectivity index (χ4n) is 2.03. The molecule has 0 radical (unpaired) electrons. The van der Waals surface area contributed by atoms with Crippen molar-refractivity contribution >= 4 is 11.4 Å². The maximum Gasteiger partial charge on any atom is 0.148 e. The number of aryl methyl sites for hydroxylation is 1. The zero-order valence-electron chi connectivity index (χ0n) is 11.1. The highest BCUT2D eigenvalue weighted by atomic mass is 19.1. The van der Waals surface area contributed by atoms with Crippen molar-refractivity contribution in [3.63, 3.8) is 0 Å². The van der Waals surface area contributed by atoms with Crippen LogP contribution in [0.3, 0.4) is 0 Å². The number of para-hydroxylation sites is 1. The number of nitrogens with one attached hydrogen (secondary N) is 1. The van der Waals surface area contributed by atoms with Gasteiger partial charge in [-0.15, -0.1) is 0 Å². The number of rotatable bonds is 5. The Morgan fingerprint density at radius 2 is 1.74 bits per heavy atom. The summed E-state index contributed by atoms with van der Waals surface area (Å²) in [6.45, 7) is 2.73. The Morgan fingerprint density at radius 3 is 2.37 bits per heavy atom. The number of hydrogen-bond donors (Lipinski definition) is 2. The first-order chi connectivity index (χ1) is 9.20. The second-order valence-corrected chi connectivity index (χ2v) is 4.62. The number of anilines is 2. The van der Waals surface area contributed by atoms with Crippen LogP contribution in [0.4, 0.5) is 15.8 Å². The van der Waals surface area contributed by atoms with Crippen molar-refractivity contribution in [3.05, 3.63) is 59.4 Å². The van der Waals surface area contributed by atoms with E-state index in [0.29, 0.717) is 17.9 Å². The highest BCUT2D eigenvalue weighted by Gasteiger charge is 2.05. The lowest BCUT2D eigenvalue weighted by atomic mass is 10.1. The third-order valence-corrected chi connectivity index (χ3v) is 3.08. The first-order valence-electron chi connectivity index (χ1n) is 6.56. The highest BCUT2D eigenvalue weighted by molar-refractivity contribution is 5.66. The lowest BCUT2D eigenvalue weighted by Gasteiger charge is -2.10. The van der Waals surface area contributed by atoms with Gasteiger partial charge >= 0.3 is 0 Å². The van der Waals surface area contributed by atoms with Gasteiger partial charge in [-0.25, -0.2) is 4.39 Å². The molecule has 3 N–H and O–H groups in total. The molecule has 3 heteroatoms. The molecule has 0 heterocycles. The number of nitrogens with two attached hydrogens (primary N) is 1. The van der Waals surface area contributed by atoms with Gasteiger partial charge in [0.25, 0.3) is 0 Å². The number of benzene rings is 2. The third-order valence-electron chi connectivity index (χ3n) is 3.08. The van der Waals surface area contributed by atoms with Crippen molar-refractivity contribution in [1.29, 1.82) is 0 Å². The van der Waals surface area contributed by atoms with Crippen molar-refractivity contribution in [2.45, 2.75) is 26.3 Å². The summed E-state index contributed by atoms with van der Waals surface area (Å²) in [5.74, 6) is -0.317. The minimum Gasteiger partial charge on any atom is -0.397 e. The van der Waals surface area contributed by atoms with Gasteiger partial charge in [-0.1, -0.05) is 43.7 Å². The van der Waals surface area contributed by atoms with E-state index in [4.69, 9.17) is 5.73 Å². The van der Waals surface area contributed by atoms with Gasteiger partial charge in [0, 0.05) is 6.54 Å². The molecule has 2 rings (SSSR count). The summed E-state index contributed by atoms with van der Waals surface area (Å²) < 4.78 is 13.6. The van der Waals surface area contributed by atoms with Crippen molar-refractivity contribution in [2.75, 3.05) is 11.1 Å². The average molecular weight is 258 g/mol. The van der Waals surface area contributed by atoms with E-state index < -0.39 is 0 Å². The molecule has 0 saturated heterocycles. The smallest absolute Gasteiger partial charge is 0.148 e. The molecular weight excluding hydrogens is 239 g/mol. The topological polar surface area (TPSA) is 38.0 Å². The first kappa shape index (κ1) is 13.4. The maximum atomic E-state index is 13.6. The predicted molar refractivity (Wildman–Crippen MR) is 78.6 cm³/mol. The second kappa shape index (κ2) is 6.23. The Hall–Kier alpha value is -2.03. The molecule has 0 saturated carbocycles. The standard InChI is InChI=1S/C16H19FN2/c1-2-4-12-7-9-13(10-8-12)11-19-16-14(17)5-3-6-15(16)18/h3,5-10,19H,2,4,11,18H2,1H3. The van der Waals surface area contributed by atoms with Crippen LogP contribution in [0, 0.1) is 5.82 Å². The van der Waals surface area contributed by atoms with E-state index in [9.17, 15) is 4.39 Å². The summed E-state index contributed by atoms with van der Waals surface area (Å²) in [6.07, 6.45) is 2.23. The van der Waals surface area contributed by atoms with E-state index in [2.05, 4.69) is 36.5 Å². The fraction of sp³-hybridized carbons (Fsp3) is 0.250. The number of nitrogen functional groups attached to an aromatic ring is 1. The predicted octanol–water partition coefficient (Wildman–Crippen LogP) is 3.97. The first-order valence-corrected chi connectivity index (χ1v) is 6.56. The Labute approximate surface area is 113 Å². The van der Waals surface area contributed by atoms with Crippen LogP contribution in [0.25, 0.3) is 0 Å². The van der Waals surface area contributed by atoms with Crippen molar-refractivity contribution in [3.8, 4) is 0 Å². The molecular formula is C16H19FN2. The molecule has 0 spiro atoms. The Kier molecular flexibility index (Phi) is 4.39. The molecule has 0 amide bonds. The van der Waals surface area contributed by atoms with Crippen molar-refractivity contribution in [2.24, 2.45) is 0 Å². The largest absolute Gasteiger partial charge is 0.397 e. The van der Waals surface area contributed by atoms with Gasteiger partial charge in [0.15, 0.2) is 0 Å². The van der Waals surface area contributed by atoms with Crippen LogP contribution in [-0.4, -0.2) is 0 Å². The zero-order valence-corrected chi connectivity index (χ0v) is 11.1. The summed E-state index contributed by atoms with van der Waals surface area (Å²) in [5.41, 5.74) is 9.00.